The van der Waals surface area contributed by atoms with E-state index in [1.807, 2.05) is 26.0 Å². The molecule has 0 bridgehead atoms. The molecule has 0 saturated heterocycles. The number of para-hydroxylation sites is 1. The largest absolute Gasteiger partial charge is 0.425 e. The average molecular weight is 368 g/mol. The molecule has 1 aliphatic heterocycles. The fraction of sp³-hybridized carbons (Fsp3) is 0.286. The van der Waals surface area contributed by atoms with Gasteiger partial charge in [0, 0.05) is 11.5 Å². The third-order valence-electron chi connectivity index (χ3n) is 5.71. The highest BCUT2D eigenvalue weighted by atomic mass is 32.2. The Hall–Kier alpha value is -2.40. The fourth-order valence-corrected chi connectivity index (χ4v) is 6.33. The zero-order chi connectivity index (χ0) is 18.5. The second-order valence-corrected chi connectivity index (χ2v) is 9.33. The highest BCUT2D eigenvalue weighted by Gasteiger charge is 2.62. The van der Waals surface area contributed by atoms with Gasteiger partial charge in [0.15, 0.2) is 14.6 Å². The first-order valence-corrected chi connectivity index (χ1v) is 10.1. The van der Waals surface area contributed by atoms with E-state index in [1.54, 1.807) is 42.5 Å². The Morgan fingerprint density at radius 1 is 0.962 bits per heavy atom. The van der Waals surface area contributed by atoms with Gasteiger partial charge in [0.2, 0.25) is 0 Å². The number of carbonyl (C=O) groups excluding carboxylic acids is 1. The Morgan fingerprint density at radius 2 is 1.62 bits per heavy atom. The highest BCUT2D eigenvalue weighted by molar-refractivity contribution is 7.93. The number of sulfone groups is 1. The van der Waals surface area contributed by atoms with Gasteiger partial charge in [-0.05, 0) is 44.9 Å². The summed E-state index contributed by atoms with van der Waals surface area (Å²) >= 11 is 0. The molecule has 2 atom stereocenters. The van der Waals surface area contributed by atoms with Crippen molar-refractivity contribution in [2.24, 2.45) is 0 Å². The molecule has 0 N–H and O–H groups in total. The number of carbonyl (C=O) groups is 1. The van der Waals surface area contributed by atoms with Gasteiger partial charge in [-0.2, -0.15) is 0 Å². The maximum atomic E-state index is 13.7. The summed E-state index contributed by atoms with van der Waals surface area (Å²) in [6.45, 7) is 3.92. The topological polar surface area (TPSA) is 60.4 Å². The summed E-state index contributed by atoms with van der Waals surface area (Å²) in [5.74, 6) is -0.653. The molecule has 1 aliphatic carbocycles. The number of hydrogen-bond donors (Lipinski definition) is 0. The average Bonchev–Trinajstić information content (AvgIpc) is 2.64. The quantitative estimate of drug-likeness (QED) is 0.456. The lowest BCUT2D eigenvalue weighted by Gasteiger charge is -2.45. The van der Waals surface area contributed by atoms with Gasteiger partial charge in [0.25, 0.3) is 0 Å². The fourth-order valence-electron chi connectivity index (χ4n) is 4.14. The lowest BCUT2D eigenvalue weighted by atomic mass is 9.71. The summed E-state index contributed by atoms with van der Waals surface area (Å²) in [7, 11) is -3.94. The van der Waals surface area contributed by atoms with Gasteiger partial charge in [0.05, 0.1) is 4.90 Å². The summed E-state index contributed by atoms with van der Waals surface area (Å²) in [6.07, 6.45) is 0.692. The number of esters is 1. The standard InChI is InChI=1S/C21H20O4S/c1-14-12-18-17-10-6-7-11-19(17)25-20(22)21(18,13-15(14)2)26(23,24)16-8-4-3-5-9-16/h3-11,18H,12-13H2,1-2H3/t18-,21+/m0/s1. The van der Waals surface area contributed by atoms with E-state index in [0.29, 0.717) is 12.2 Å². The molecule has 1 heterocycles. The number of hydrogen-bond acceptors (Lipinski definition) is 4. The molecule has 2 aromatic carbocycles. The molecule has 0 unspecified atom stereocenters. The second kappa shape index (κ2) is 5.81. The van der Waals surface area contributed by atoms with E-state index in [2.05, 4.69) is 0 Å². The second-order valence-electron chi connectivity index (χ2n) is 7.13. The molecule has 0 amide bonds. The van der Waals surface area contributed by atoms with Crippen LogP contribution >= 0.6 is 0 Å². The maximum Gasteiger partial charge on any atom is 0.334 e. The number of allylic oxidation sites excluding steroid dienone is 2. The molecule has 4 rings (SSSR count). The third kappa shape index (κ3) is 2.20. The van der Waals surface area contributed by atoms with Crippen LogP contribution in [0.4, 0.5) is 0 Å². The molecule has 2 aliphatic rings. The Morgan fingerprint density at radius 3 is 2.35 bits per heavy atom. The summed E-state index contributed by atoms with van der Waals surface area (Å²) < 4.78 is 31.3. The van der Waals surface area contributed by atoms with E-state index < -0.39 is 26.5 Å². The van der Waals surface area contributed by atoms with Crippen molar-refractivity contribution in [2.45, 2.75) is 42.2 Å². The van der Waals surface area contributed by atoms with Crippen LogP contribution in [0.25, 0.3) is 0 Å². The lowest BCUT2D eigenvalue weighted by Crippen LogP contribution is -2.57. The van der Waals surface area contributed by atoms with Crippen molar-refractivity contribution < 1.29 is 17.9 Å². The van der Waals surface area contributed by atoms with Crippen LogP contribution in [0.3, 0.4) is 0 Å². The van der Waals surface area contributed by atoms with Crippen molar-refractivity contribution in [1.82, 2.24) is 0 Å². The van der Waals surface area contributed by atoms with Crippen LogP contribution in [0.15, 0.2) is 70.6 Å². The Bertz CT molecular complexity index is 1020. The van der Waals surface area contributed by atoms with Crippen molar-refractivity contribution in [2.75, 3.05) is 0 Å². The normalized spacial score (nSPS) is 25.3. The zero-order valence-corrected chi connectivity index (χ0v) is 15.5. The molecule has 0 aromatic heterocycles. The molecular weight excluding hydrogens is 348 g/mol. The van der Waals surface area contributed by atoms with E-state index in [4.69, 9.17) is 4.74 Å². The molecule has 26 heavy (non-hydrogen) atoms. The Balaban J connectivity index is 2.01. The first-order valence-electron chi connectivity index (χ1n) is 8.64. The number of benzene rings is 2. The predicted octanol–water partition coefficient (Wildman–Crippen LogP) is 4.03. The van der Waals surface area contributed by atoms with Crippen molar-refractivity contribution in [3.05, 3.63) is 71.3 Å². The van der Waals surface area contributed by atoms with Crippen LogP contribution in [0.5, 0.6) is 5.75 Å². The summed E-state index contributed by atoms with van der Waals surface area (Å²) in [5, 5.41) is 0. The molecule has 0 saturated carbocycles. The Kier molecular flexibility index (Phi) is 3.81. The van der Waals surface area contributed by atoms with Gasteiger partial charge < -0.3 is 4.74 Å². The van der Waals surface area contributed by atoms with E-state index in [9.17, 15) is 13.2 Å². The van der Waals surface area contributed by atoms with Gasteiger partial charge in [-0.15, -0.1) is 0 Å². The first-order chi connectivity index (χ1) is 12.4. The van der Waals surface area contributed by atoms with Crippen LogP contribution in [0, 0.1) is 0 Å². The summed E-state index contributed by atoms with van der Waals surface area (Å²) in [6, 6.07) is 15.5. The number of fused-ring (bicyclic) bond motifs is 3. The van der Waals surface area contributed by atoms with Gasteiger partial charge in [-0.3, -0.25) is 0 Å². The van der Waals surface area contributed by atoms with Gasteiger partial charge >= 0.3 is 5.97 Å². The van der Waals surface area contributed by atoms with Gasteiger partial charge in [-0.1, -0.05) is 47.5 Å². The van der Waals surface area contributed by atoms with Crippen molar-refractivity contribution in [1.29, 1.82) is 0 Å². The van der Waals surface area contributed by atoms with E-state index in [1.165, 1.54) is 0 Å². The van der Waals surface area contributed by atoms with Gasteiger partial charge in [0.1, 0.15) is 5.75 Å². The molecule has 0 radical (unpaired) electrons. The monoisotopic (exact) mass is 368 g/mol. The van der Waals surface area contributed by atoms with Crippen molar-refractivity contribution in [3.63, 3.8) is 0 Å². The van der Waals surface area contributed by atoms with Crippen LogP contribution in [-0.2, 0) is 14.6 Å². The number of ether oxygens (including phenoxy) is 1. The van der Waals surface area contributed by atoms with E-state index in [0.717, 1.165) is 16.7 Å². The number of rotatable bonds is 2. The van der Waals surface area contributed by atoms with Crippen LogP contribution < -0.4 is 4.74 Å². The van der Waals surface area contributed by atoms with Crippen LogP contribution in [0.2, 0.25) is 0 Å². The summed E-state index contributed by atoms with van der Waals surface area (Å²) in [4.78, 5) is 13.3. The maximum absolute atomic E-state index is 13.7. The lowest BCUT2D eigenvalue weighted by molar-refractivity contribution is -0.139. The molecule has 0 fully saturated rings. The summed E-state index contributed by atoms with van der Waals surface area (Å²) in [5.41, 5.74) is 2.87. The third-order valence-corrected chi connectivity index (χ3v) is 8.15. The van der Waals surface area contributed by atoms with E-state index >= 15 is 0 Å². The molecular formula is C21H20O4S. The first kappa shape index (κ1) is 17.0. The van der Waals surface area contributed by atoms with Crippen LogP contribution in [-0.4, -0.2) is 19.1 Å². The van der Waals surface area contributed by atoms with Crippen molar-refractivity contribution >= 4 is 15.8 Å². The minimum Gasteiger partial charge on any atom is -0.425 e. The zero-order valence-electron chi connectivity index (χ0n) is 14.7. The molecule has 0 spiro atoms. The van der Waals surface area contributed by atoms with E-state index in [-0.39, 0.29) is 11.3 Å². The minimum absolute atomic E-state index is 0.161. The minimum atomic E-state index is -3.94. The SMILES string of the molecule is CC1=C(C)C[C@]2(S(=O)(=O)c3ccccc3)C(=O)Oc3ccccc3[C@@H]2C1. The smallest absolute Gasteiger partial charge is 0.334 e. The predicted molar refractivity (Wildman–Crippen MR) is 98.8 cm³/mol. The van der Waals surface area contributed by atoms with Crippen LogP contribution in [0.1, 0.15) is 38.2 Å². The van der Waals surface area contributed by atoms with Crippen molar-refractivity contribution in [3.8, 4) is 5.75 Å². The van der Waals surface area contributed by atoms with Gasteiger partial charge in [-0.25, -0.2) is 13.2 Å². The molecule has 4 nitrogen and oxygen atoms in total. The molecule has 2 aromatic rings. The molecule has 134 valence electrons. The highest BCUT2D eigenvalue weighted by Crippen LogP contribution is 2.54. The Labute approximate surface area is 153 Å². The molecule has 5 heteroatoms.